The van der Waals surface area contributed by atoms with E-state index in [2.05, 4.69) is 11.9 Å². The summed E-state index contributed by atoms with van der Waals surface area (Å²) < 4.78 is 4.70. The van der Waals surface area contributed by atoms with Crippen LogP contribution >= 0.6 is 0 Å². The molecular weight excluding hydrogens is 142 g/mol. The zero-order chi connectivity index (χ0) is 8.53. The summed E-state index contributed by atoms with van der Waals surface area (Å²) in [6, 6.07) is 0. The van der Waals surface area contributed by atoms with Gasteiger partial charge in [0.1, 0.15) is 0 Å². The van der Waals surface area contributed by atoms with E-state index < -0.39 is 6.09 Å². The maximum Gasteiger partial charge on any atom is 0.411 e. The zero-order valence-corrected chi connectivity index (χ0v) is 6.67. The number of hydrogen-bond donors (Lipinski definition) is 1. The molecule has 0 saturated carbocycles. The fourth-order valence-corrected chi connectivity index (χ4v) is 0.421. The molecule has 0 aliphatic carbocycles. The Labute approximate surface area is 66.7 Å². The Morgan fingerprint density at radius 1 is 1.73 bits per heavy atom. The summed E-state index contributed by atoms with van der Waals surface area (Å²) in [4.78, 5) is 10.7. The second-order valence-corrected chi connectivity index (χ2v) is 1.88. The van der Waals surface area contributed by atoms with Crippen LogP contribution in [0.3, 0.4) is 0 Å². The van der Waals surface area contributed by atoms with Gasteiger partial charge in [-0.3, -0.25) is 5.32 Å². The average Bonchev–Trinajstić information content (AvgIpc) is 2.01. The predicted octanol–water partition coefficient (Wildman–Crippen LogP) is 1.82. The first-order valence-electron chi connectivity index (χ1n) is 3.52. The highest BCUT2D eigenvalue weighted by molar-refractivity contribution is 5.68. The summed E-state index contributed by atoms with van der Waals surface area (Å²) in [7, 11) is 0. The molecular formula is C8H13NO2. The molecule has 1 amide bonds. The highest BCUT2D eigenvalue weighted by Gasteiger charge is 1.94. The Kier molecular flexibility index (Phi) is 6.08. The van der Waals surface area contributed by atoms with Gasteiger partial charge in [-0.25, -0.2) is 4.79 Å². The van der Waals surface area contributed by atoms with E-state index in [-0.39, 0.29) is 0 Å². The molecule has 0 aromatic carbocycles. The van der Waals surface area contributed by atoms with Crippen molar-refractivity contribution in [1.82, 2.24) is 5.32 Å². The number of carbonyl (C=O) groups is 1. The molecule has 62 valence electrons. The Morgan fingerprint density at radius 2 is 2.45 bits per heavy atom. The third-order valence-electron chi connectivity index (χ3n) is 0.871. The number of allylic oxidation sites excluding steroid dienone is 2. The van der Waals surface area contributed by atoms with Gasteiger partial charge >= 0.3 is 6.09 Å². The number of ether oxygens (including phenoxy) is 1. The van der Waals surface area contributed by atoms with Crippen molar-refractivity contribution in [3.8, 4) is 0 Å². The van der Waals surface area contributed by atoms with Gasteiger partial charge in [-0.15, -0.1) is 0 Å². The van der Waals surface area contributed by atoms with Crippen molar-refractivity contribution < 1.29 is 9.53 Å². The van der Waals surface area contributed by atoms with E-state index in [4.69, 9.17) is 4.74 Å². The summed E-state index contributed by atoms with van der Waals surface area (Å²) in [5, 5.41) is 2.41. The summed E-state index contributed by atoms with van der Waals surface area (Å²) in [5.74, 6) is 0. The molecule has 0 aliphatic rings. The quantitative estimate of drug-likeness (QED) is 0.629. The molecule has 3 nitrogen and oxygen atoms in total. The average molecular weight is 155 g/mol. The van der Waals surface area contributed by atoms with Gasteiger partial charge in [0, 0.05) is 6.20 Å². The molecule has 1 N–H and O–H groups in total. The number of amides is 1. The highest BCUT2D eigenvalue weighted by Crippen LogP contribution is 1.81. The Balaban J connectivity index is 3.36. The van der Waals surface area contributed by atoms with Crippen molar-refractivity contribution in [2.45, 2.75) is 13.3 Å². The third kappa shape index (κ3) is 6.64. The molecule has 3 heteroatoms. The fourth-order valence-electron chi connectivity index (χ4n) is 0.421. The lowest BCUT2D eigenvalue weighted by molar-refractivity contribution is 0.150. The van der Waals surface area contributed by atoms with Gasteiger partial charge in [0.2, 0.25) is 0 Å². The topological polar surface area (TPSA) is 38.3 Å². The van der Waals surface area contributed by atoms with Gasteiger partial charge in [-0.05, 0) is 12.5 Å². The zero-order valence-electron chi connectivity index (χ0n) is 6.67. The van der Waals surface area contributed by atoms with Crippen molar-refractivity contribution in [2.24, 2.45) is 0 Å². The van der Waals surface area contributed by atoms with Crippen molar-refractivity contribution in [3.05, 3.63) is 24.9 Å². The summed E-state index contributed by atoms with van der Waals surface area (Å²) in [6.07, 6.45) is 5.07. The molecule has 0 heterocycles. The predicted molar refractivity (Wildman–Crippen MR) is 44.1 cm³/mol. The van der Waals surface area contributed by atoms with E-state index >= 15 is 0 Å². The molecule has 0 aromatic heterocycles. The van der Waals surface area contributed by atoms with Gasteiger partial charge < -0.3 is 4.74 Å². The minimum absolute atomic E-state index is 0.426. The maximum atomic E-state index is 10.7. The lowest BCUT2D eigenvalue weighted by atomic mass is 10.5. The first kappa shape index (κ1) is 9.75. The van der Waals surface area contributed by atoms with Gasteiger partial charge in [0.25, 0.3) is 0 Å². The third-order valence-corrected chi connectivity index (χ3v) is 0.871. The van der Waals surface area contributed by atoms with Gasteiger partial charge in [0.15, 0.2) is 0 Å². The molecule has 0 saturated heterocycles. The van der Waals surface area contributed by atoms with Crippen molar-refractivity contribution in [2.75, 3.05) is 6.61 Å². The van der Waals surface area contributed by atoms with E-state index in [0.717, 1.165) is 6.42 Å². The number of hydrogen-bond acceptors (Lipinski definition) is 2. The van der Waals surface area contributed by atoms with Gasteiger partial charge in [0.05, 0.1) is 6.61 Å². The fraction of sp³-hybridized carbons (Fsp3) is 0.375. The highest BCUT2D eigenvalue weighted by atomic mass is 16.5. The summed E-state index contributed by atoms with van der Waals surface area (Å²) >= 11 is 0. The van der Waals surface area contributed by atoms with E-state index in [1.807, 2.05) is 6.92 Å². The van der Waals surface area contributed by atoms with Crippen LogP contribution < -0.4 is 5.32 Å². The lowest BCUT2D eigenvalue weighted by Gasteiger charge is -1.99. The minimum atomic E-state index is -0.426. The Bertz CT molecular complexity index is 152. The molecule has 0 bridgehead atoms. The van der Waals surface area contributed by atoms with E-state index in [0.29, 0.717) is 6.61 Å². The Hall–Kier alpha value is -1.25. The van der Waals surface area contributed by atoms with Crippen LogP contribution in [0.2, 0.25) is 0 Å². The van der Waals surface area contributed by atoms with Crippen LogP contribution in [0.5, 0.6) is 0 Å². The van der Waals surface area contributed by atoms with E-state index in [9.17, 15) is 4.79 Å². The molecule has 0 spiro atoms. The molecule has 11 heavy (non-hydrogen) atoms. The number of rotatable bonds is 4. The molecule has 0 aromatic rings. The molecule has 0 rings (SSSR count). The normalized spacial score (nSPS) is 9.55. The van der Waals surface area contributed by atoms with Crippen LogP contribution in [0, 0.1) is 0 Å². The summed E-state index contributed by atoms with van der Waals surface area (Å²) in [6.45, 7) is 5.83. The molecule has 0 aliphatic heterocycles. The smallest absolute Gasteiger partial charge is 0.411 e. The first-order valence-corrected chi connectivity index (χ1v) is 3.52. The summed E-state index contributed by atoms with van der Waals surface area (Å²) in [5.41, 5.74) is 0. The van der Waals surface area contributed by atoms with Gasteiger partial charge in [-0.1, -0.05) is 19.6 Å². The van der Waals surface area contributed by atoms with E-state index in [1.54, 1.807) is 12.2 Å². The van der Waals surface area contributed by atoms with E-state index in [1.165, 1.54) is 6.20 Å². The standard InChI is InChI=1S/C8H13NO2/c1-3-5-6-9-8(10)11-7-4-2/h3,5-6H,1,4,7H2,2H3,(H,9,10)/b6-5+. The van der Waals surface area contributed by atoms with Crippen LogP contribution in [-0.2, 0) is 4.74 Å². The van der Waals surface area contributed by atoms with Crippen LogP contribution in [0.25, 0.3) is 0 Å². The molecule has 0 atom stereocenters. The molecule has 0 radical (unpaired) electrons. The number of carbonyl (C=O) groups excluding carboxylic acids is 1. The van der Waals surface area contributed by atoms with Crippen LogP contribution in [-0.4, -0.2) is 12.7 Å². The molecule has 0 fully saturated rings. The number of nitrogens with one attached hydrogen (secondary N) is 1. The second kappa shape index (κ2) is 6.86. The maximum absolute atomic E-state index is 10.7. The minimum Gasteiger partial charge on any atom is -0.449 e. The monoisotopic (exact) mass is 155 g/mol. The SMILES string of the molecule is C=C/C=C/NC(=O)OCCC. The van der Waals surface area contributed by atoms with Crippen LogP contribution in [0.1, 0.15) is 13.3 Å². The van der Waals surface area contributed by atoms with Crippen molar-refractivity contribution in [3.63, 3.8) is 0 Å². The van der Waals surface area contributed by atoms with Crippen molar-refractivity contribution in [1.29, 1.82) is 0 Å². The Morgan fingerprint density at radius 3 is 3.00 bits per heavy atom. The first-order chi connectivity index (χ1) is 5.31. The largest absolute Gasteiger partial charge is 0.449 e. The van der Waals surface area contributed by atoms with Crippen molar-refractivity contribution >= 4 is 6.09 Å². The number of alkyl carbamates (subject to hydrolysis) is 1. The lowest BCUT2D eigenvalue weighted by Crippen LogP contribution is -2.18. The molecule has 0 unspecified atom stereocenters. The van der Waals surface area contributed by atoms with Crippen LogP contribution in [0.4, 0.5) is 4.79 Å². The van der Waals surface area contributed by atoms with Crippen LogP contribution in [0.15, 0.2) is 24.9 Å². The van der Waals surface area contributed by atoms with Gasteiger partial charge in [-0.2, -0.15) is 0 Å². The second-order valence-electron chi connectivity index (χ2n) is 1.88.